The number of imide groups is 1. The van der Waals surface area contributed by atoms with Gasteiger partial charge in [0.15, 0.2) is 0 Å². The summed E-state index contributed by atoms with van der Waals surface area (Å²) in [6.45, 7) is 5.11. The summed E-state index contributed by atoms with van der Waals surface area (Å²) in [7, 11) is 0. The van der Waals surface area contributed by atoms with Crippen LogP contribution in [0.4, 0.5) is 0 Å². The zero-order valence-corrected chi connectivity index (χ0v) is 15.8. The van der Waals surface area contributed by atoms with Crippen molar-refractivity contribution in [2.24, 2.45) is 29.1 Å². The van der Waals surface area contributed by atoms with Gasteiger partial charge in [-0.1, -0.05) is 32.8 Å². The van der Waals surface area contributed by atoms with E-state index < -0.39 is 0 Å². The summed E-state index contributed by atoms with van der Waals surface area (Å²) >= 11 is 0. The number of ether oxygens (including phenoxy) is 1. The quantitative estimate of drug-likeness (QED) is 0.430. The van der Waals surface area contributed by atoms with E-state index in [4.69, 9.17) is 4.74 Å². The topological polar surface area (TPSA) is 63.7 Å². The third-order valence-corrected chi connectivity index (χ3v) is 7.45. The van der Waals surface area contributed by atoms with Gasteiger partial charge in [0.05, 0.1) is 18.3 Å². The van der Waals surface area contributed by atoms with Crippen molar-refractivity contribution in [3.05, 3.63) is 11.6 Å². The Morgan fingerprint density at radius 2 is 1.85 bits per heavy atom. The molecule has 0 unspecified atom stereocenters. The minimum Gasteiger partial charge on any atom is -0.461 e. The van der Waals surface area contributed by atoms with Crippen molar-refractivity contribution in [1.82, 2.24) is 4.90 Å². The summed E-state index contributed by atoms with van der Waals surface area (Å²) in [5.74, 6) is 0.527. The van der Waals surface area contributed by atoms with E-state index in [0.29, 0.717) is 17.9 Å². The number of amides is 2. The highest BCUT2D eigenvalue weighted by molar-refractivity contribution is 6.05. The van der Waals surface area contributed by atoms with Crippen LogP contribution in [0, 0.1) is 29.1 Å². The zero-order valence-electron chi connectivity index (χ0n) is 15.8. The van der Waals surface area contributed by atoms with Gasteiger partial charge in [0, 0.05) is 6.54 Å². The first-order valence-electron chi connectivity index (χ1n) is 10.1. The third-order valence-electron chi connectivity index (χ3n) is 7.45. The van der Waals surface area contributed by atoms with E-state index in [-0.39, 0.29) is 42.6 Å². The molecule has 1 heterocycles. The van der Waals surface area contributed by atoms with Crippen molar-refractivity contribution < 1.29 is 19.1 Å². The highest BCUT2D eigenvalue weighted by Crippen LogP contribution is 2.59. The second kappa shape index (κ2) is 6.50. The first-order chi connectivity index (χ1) is 12.4. The van der Waals surface area contributed by atoms with Crippen molar-refractivity contribution in [3.63, 3.8) is 0 Å². The lowest BCUT2D eigenvalue weighted by Gasteiger charge is -2.56. The van der Waals surface area contributed by atoms with Crippen LogP contribution in [-0.2, 0) is 19.1 Å². The van der Waals surface area contributed by atoms with Crippen LogP contribution in [0.1, 0.15) is 58.8 Å². The normalized spacial score (nSPS) is 34.8. The van der Waals surface area contributed by atoms with Crippen LogP contribution in [0.5, 0.6) is 0 Å². The number of allylic oxidation sites excluding steroid dienone is 1. The highest BCUT2D eigenvalue weighted by atomic mass is 16.5. The predicted octanol–water partition coefficient (Wildman–Crippen LogP) is 3.09. The molecule has 2 amide bonds. The van der Waals surface area contributed by atoms with E-state index in [2.05, 4.69) is 19.9 Å². The molecule has 0 aromatic carbocycles. The first-order valence-corrected chi connectivity index (χ1v) is 10.1. The van der Waals surface area contributed by atoms with Gasteiger partial charge in [-0.25, -0.2) is 0 Å². The van der Waals surface area contributed by atoms with Gasteiger partial charge in [0.25, 0.3) is 0 Å². The molecule has 0 aromatic rings. The van der Waals surface area contributed by atoms with Crippen LogP contribution in [0.2, 0.25) is 0 Å². The number of nitrogens with zero attached hydrogens (tertiary/aromatic N) is 1. The summed E-state index contributed by atoms with van der Waals surface area (Å²) in [5.41, 5.74) is 1.56. The molecule has 5 aliphatic rings. The maximum atomic E-state index is 12.4. The fraction of sp³-hybridized carbons (Fsp3) is 0.762. The SMILES string of the molecule is CC1(C)[C@H]2CC=C(COC(=O)CCN3C(=O)[C@@H]4CCCC[C@H]4C3=O)[C@@H]1C2. The molecule has 0 aromatic heterocycles. The first kappa shape index (κ1) is 17.7. The van der Waals surface area contributed by atoms with E-state index in [1.807, 2.05) is 0 Å². The Hall–Kier alpha value is -1.65. The maximum absolute atomic E-state index is 12.4. The van der Waals surface area contributed by atoms with Crippen molar-refractivity contribution in [3.8, 4) is 0 Å². The molecule has 1 aliphatic heterocycles. The minimum atomic E-state index is -0.319. The molecule has 5 heteroatoms. The van der Waals surface area contributed by atoms with Crippen molar-refractivity contribution in [2.45, 2.75) is 58.8 Å². The minimum absolute atomic E-state index is 0.0789. The van der Waals surface area contributed by atoms with Crippen LogP contribution in [0.25, 0.3) is 0 Å². The standard InChI is InChI=1S/C21H29NO4/c1-21(2)14-8-7-13(17(21)11-14)12-26-18(23)9-10-22-19(24)15-5-3-4-6-16(15)20(22)25/h7,14-17H,3-6,8-12H2,1-2H3/t14-,15+,16+,17-/m0/s1. The lowest BCUT2D eigenvalue weighted by atomic mass is 9.49. The van der Waals surface area contributed by atoms with E-state index in [0.717, 1.165) is 38.0 Å². The van der Waals surface area contributed by atoms with Gasteiger partial charge >= 0.3 is 5.97 Å². The molecule has 0 N–H and O–H groups in total. The molecule has 3 fully saturated rings. The lowest BCUT2D eigenvalue weighted by Crippen LogP contribution is -2.48. The molecule has 4 aliphatic carbocycles. The number of hydrogen-bond acceptors (Lipinski definition) is 4. The second-order valence-electron chi connectivity index (χ2n) is 9.06. The van der Waals surface area contributed by atoms with Crippen LogP contribution in [0.3, 0.4) is 0 Å². The van der Waals surface area contributed by atoms with Gasteiger partial charge in [0.1, 0.15) is 6.61 Å². The van der Waals surface area contributed by atoms with E-state index in [1.54, 1.807) is 0 Å². The monoisotopic (exact) mass is 359 g/mol. The zero-order chi connectivity index (χ0) is 18.5. The number of carbonyl (C=O) groups excluding carboxylic acids is 3. The van der Waals surface area contributed by atoms with Crippen LogP contribution in [0.15, 0.2) is 11.6 Å². The molecule has 5 rings (SSSR count). The molecule has 0 spiro atoms. The molecular formula is C21H29NO4. The Morgan fingerprint density at radius 1 is 1.19 bits per heavy atom. The molecule has 0 radical (unpaired) electrons. The Balaban J connectivity index is 1.26. The smallest absolute Gasteiger partial charge is 0.307 e. The Labute approximate surface area is 155 Å². The van der Waals surface area contributed by atoms with Crippen molar-refractivity contribution in [2.75, 3.05) is 13.2 Å². The van der Waals surface area contributed by atoms with Crippen molar-refractivity contribution in [1.29, 1.82) is 0 Å². The number of hydrogen-bond donors (Lipinski definition) is 0. The number of carbonyl (C=O) groups is 3. The molecule has 4 atom stereocenters. The Bertz CT molecular complexity index is 641. The molecule has 26 heavy (non-hydrogen) atoms. The van der Waals surface area contributed by atoms with Crippen molar-refractivity contribution >= 4 is 17.8 Å². The average Bonchev–Trinajstić information content (AvgIpc) is 2.89. The third kappa shape index (κ3) is 2.80. The summed E-state index contributed by atoms with van der Waals surface area (Å²) in [6, 6.07) is 0. The van der Waals surface area contributed by atoms with E-state index in [9.17, 15) is 14.4 Å². The predicted molar refractivity (Wildman–Crippen MR) is 95.8 cm³/mol. The molecule has 1 saturated heterocycles. The Morgan fingerprint density at radius 3 is 2.42 bits per heavy atom. The second-order valence-corrected chi connectivity index (χ2v) is 9.06. The average molecular weight is 359 g/mol. The molecule has 2 saturated carbocycles. The Kier molecular flexibility index (Phi) is 4.44. The number of likely N-dealkylation sites (tertiary alicyclic amines) is 1. The van der Waals surface area contributed by atoms with Gasteiger partial charge in [-0.15, -0.1) is 0 Å². The van der Waals surface area contributed by atoms with Gasteiger partial charge in [-0.2, -0.15) is 0 Å². The van der Waals surface area contributed by atoms with Crippen LogP contribution < -0.4 is 0 Å². The summed E-state index contributed by atoms with van der Waals surface area (Å²) < 4.78 is 5.46. The molecular weight excluding hydrogens is 330 g/mol. The fourth-order valence-electron chi connectivity index (χ4n) is 5.53. The van der Waals surface area contributed by atoms with Gasteiger partial charge in [-0.3, -0.25) is 19.3 Å². The van der Waals surface area contributed by atoms with Crippen LogP contribution >= 0.6 is 0 Å². The van der Waals surface area contributed by atoms with Gasteiger partial charge in [0.2, 0.25) is 11.8 Å². The van der Waals surface area contributed by atoms with Crippen LogP contribution in [-0.4, -0.2) is 35.8 Å². The highest BCUT2D eigenvalue weighted by Gasteiger charge is 2.51. The largest absolute Gasteiger partial charge is 0.461 e. The summed E-state index contributed by atoms with van der Waals surface area (Å²) in [6.07, 6.45) is 8.26. The maximum Gasteiger partial charge on any atom is 0.307 e. The van der Waals surface area contributed by atoms with Gasteiger partial charge < -0.3 is 4.74 Å². The van der Waals surface area contributed by atoms with E-state index >= 15 is 0 Å². The van der Waals surface area contributed by atoms with Gasteiger partial charge in [-0.05, 0) is 48.5 Å². The fourth-order valence-corrected chi connectivity index (χ4v) is 5.53. The van der Waals surface area contributed by atoms with E-state index in [1.165, 1.54) is 16.9 Å². The molecule has 5 nitrogen and oxygen atoms in total. The number of rotatable bonds is 5. The summed E-state index contributed by atoms with van der Waals surface area (Å²) in [4.78, 5) is 38.3. The number of fused-ring (bicyclic) bond motifs is 2. The summed E-state index contributed by atoms with van der Waals surface area (Å²) in [5, 5.41) is 0. The number of esters is 1. The molecule has 2 bridgehead atoms. The lowest BCUT2D eigenvalue weighted by molar-refractivity contribution is -0.145. The molecule has 142 valence electrons.